The highest BCUT2D eigenvalue weighted by molar-refractivity contribution is 8.07. The fraction of sp³-hybridized carbons (Fsp3) is 0.526. The lowest BCUT2D eigenvalue weighted by molar-refractivity contribution is -0.0207. The maximum absolute atomic E-state index is 16.0. The molecule has 3 aliphatic heterocycles. The molecule has 9 atom stereocenters. The van der Waals surface area contributed by atoms with Crippen molar-refractivity contribution >= 4 is 74.7 Å². The number of alkyl halides is 1. The number of nitrogens with zero attached hydrogens (tertiary/aromatic N) is 8. The normalized spacial score (nSPS) is 35.5. The quantitative estimate of drug-likeness (QED) is 0.118. The molecule has 7 rings (SSSR count). The van der Waals surface area contributed by atoms with Crippen molar-refractivity contribution in [2.24, 2.45) is 0 Å². The lowest BCUT2D eigenvalue weighted by Crippen LogP contribution is -2.45. The fourth-order valence-corrected chi connectivity index (χ4v) is 9.23. The van der Waals surface area contributed by atoms with E-state index < -0.39 is 83.2 Å². The van der Waals surface area contributed by atoms with Crippen LogP contribution in [0.4, 0.5) is 16.2 Å². The summed E-state index contributed by atoms with van der Waals surface area (Å²) in [4.78, 5) is 41.5. The number of thioether (sulfide) groups is 1. The third-order valence-electron chi connectivity index (χ3n) is 7.19. The van der Waals surface area contributed by atoms with Crippen molar-refractivity contribution in [3.8, 4) is 0 Å². The Morgan fingerprint density at radius 3 is 2.80 bits per heavy atom. The van der Waals surface area contributed by atoms with Crippen LogP contribution in [0.15, 0.2) is 17.4 Å². The molecule has 0 bridgehead atoms. The lowest BCUT2D eigenvalue weighted by atomic mass is 10.1. The smallest absolute Gasteiger partial charge is 0.336 e. The highest BCUT2D eigenvalue weighted by atomic mass is 32.5. The van der Waals surface area contributed by atoms with Gasteiger partial charge in [0.15, 0.2) is 35.0 Å². The summed E-state index contributed by atoms with van der Waals surface area (Å²) in [5, 5.41) is 16.7. The molecule has 4 aromatic heterocycles. The molecule has 0 spiro atoms. The van der Waals surface area contributed by atoms with E-state index in [0.717, 1.165) is 22.8 Å². The monoisotopic (exact) mass is 708 g/mol. The van der Waals surface area contributed by atoms with Crippen molar-refractivity contribution in [2.75, 3.05) is 24.6 Å². The average molecular weight is 709 g/mol. The van der Waals surface area contributed by atoms with E-state index in [4.69, 9.17) is 41.2 Å². The third-order valence-corrected chi connectivity index (χ3v) is 11.3. The topological polar surface area (TPSA) is 296 Å². The molecule has 4 aromatic rings. The van der Waals surface area contributed by atoms with Gasteiger partial charge in [-0.1, -0.05) is 5.21 Å². The number of aliphatic hydroxyl groups excluding tert-OH is 1. The largest absolute Gasteiger partial charge is 0.387 e. The summed E-state index contributed by atoms with van der Waals surface area (Å²) in [6.07, 6.45) is -7.20. The van der Waals surface area contributed by atoms with Crippen LogP contribution in [-0.4, -0.2) is 112 Å². The molecule has 0 amide bonds. The Kier molecular flexibility index (Phi) is 7.55. The van der Waals surface area contributed by atoms with Crippen LogP contribution in [0, 0.1) is 0 Å². The summed E-state index contributed by atoms with van der Waals surface area (Å²) in [7, 11) is -4.65. The van der Waals surface area contributed by atoms with E-state index in [1.165, 1.54) is 10.9 Å². The summed E-state index contributed by atoms with van der Waals surface area (Å²) in [5.41, 5.74) is 10.8. The number of imidazole rings is 1. The Morgan fingerprint density at radius 1 is 1.20 bits per heavy atom. The van der Waals surface area contributed by atoms with Crippen LogP contribution < -0.4 is 21.7 Å². The number of nitrogens with one attached hydrogen (secondary N) is 2. The van der Waals surface area contributed by atoms with E-state index in [-0.39, 0.29) is 34.1 Å². The van der Waals surface area contributed by atoms with Gasteiger partial charge in [0, 0.05) is 6.54 Å². The molecule has 0 aliphatic carbocycles. The molecule has 7 heterocycles. The number of anilines is 2. The maximum Gasteiger partial charge on any atom is 0.336 e. The van der Waals surface area contributed by atoms with Gasteiger partial charge in [-0.15, -0.1) is 16.9 Å². The van der Waals surface area contributed by atoms with Crippen molar-refractivity contribution in [1.29, 1.82) is 0 Å². The van der Waals surface area contributed by atoms with Gasteiger partial charge in [0.05, 0.1) is 18.2 Å². The zero-order valence-corrected chi connectivity index (χ0v) is 25.6. The number of hydrogen-bond donors (Lipinski definition) is 6. The number of aliphatic hydroxyl groups is 1. The van der Waals surface area contributed by atoms with Crippen molar-refractivity contribution in [3.05, 3.63) is 23.0 Å². The molecule has 45 heavy (non-hydrogen) atoms. The number of rotatable bonds is 2. The first-order valence-corrected chi connectivity index (χ1v) is 17.8. The fourth-order valence-electron chi connectivity index (χ4n) is 5.18. The minimum atomic E-state index is -4.65. The Balaban J connectivity index is 1.17. The van der Waals surface area contributed by atoms with Gasteiger partial charge in [0.2, 0.25) is 5.95 Å². The summed E-state index contributed by atoms with van der Waals surface area (Å²) in [6.45, 7) is -5.35. The van der Waals surface area contributed by atoms with Gasteiger partial charge in [0.1, 0.15) is 41.6 Å². The van der Waals surface area contributed by atoms with Gasteiger partial charge in [-0.05, 0) is 11.8 Å². The lowest BCUT2D eigenvalue weighted by Gasteiger charge is -2.28. The summed E-state index contributed by atoms with van der Waals surface area (Å²) >= 11 is 6.08. The summed E-state index contributed by atoms with van der Waals surface area (Å²) < 4.78 is 68.9. The summed E-state index contributed by atoms with van der Waals surface area (Å²) in [5.74, 6) is -0.206. The minimum Gasteiger partial charge on any atom is -0.387 e. The molecular weight excluding hydrogens is 686 g/mol. The number of aromatic amines is 1. The molecule has 3 saturated heterocycles. The Morgan fingerprint density at radius 2 is 2.00 bits per heavy atom. The van der Waals surface area contributed by atoms with Crippen molar-refractivity contribution < 1.29 is 40.8 Å². The maximum atomic E-state index is 16.0. The van der Waals surface area contributed by atoms with Crippen LogP contribution in [0.1, 0.15) is 11.6 Å². The molecule has 3 aliphatic rings. The first-order valence-electron chi connectivity index (χ1n) is 12.8. The van der Waals surface area contributed by atoms with Gasteiger partial charge < -0.3 is 30.7 Å². The number of nitrogen functional groups attached to an aromatic ring is 2. The molecule has 26 heteroatoms. The number of nitrogens with two attached hydrogens (primary N) is 2. The predicted octanol–water partition coefficient (Wildman–Crippen LogP) is -2.42. The van der Waals surface area contributed by atoms with Crippen molar-refractivity contribution in [2.45, 2.75) is 47.4 Å². The number of aromatic nitrogens is 9. The number of fused-ring (bicyclic) bond motifs is 4. The van der Waals surface area contributed by atoms with Gasteiger partial charge in [0.25, 0.3) is 5.56 Å². The molecule has 242 valence electrons. The first-order chi connectivity index (χ1) is 21.3. The van der Waals surface area contributed by atoms with Crippen LogP contribution in [0.25, 0.3) is 22.3 Å². The van der Waals surface area contributed by atoms with E-state index in [9.17, 15) is 23.2 Å². The van der Waals surface area contributed by atoms with Crippen LogP contribution in [0.3, 0.4) is 0 Å². The van der Waals surface area contributed by atoms with Crippen LogP contribution in [0.2, 0.25) is 0 Å². The number of hydrogen-bond acceptors (Lipinski definition) is 18. The van der Waals surface area contributed by atoms with Crippen molar-refractivity contribution in [3.63, 3.8) is 0 Å². The molecule has 0 radical (unpaired) electrons. The Hall–Kier alpha value is -2.97. The van der Waals surface area contributed by atoms with E-state index in [0.29, 0.717) is 0 Å². The van der Waals surface area contributed by atoms with E-state index in [1.807, 2.05) is 0 Å². The zero-order valence-electron chi connectivity index (χ0n) is 22.2. The first kappa shape index (κ1) is 30.7. The molecular formula is C19H22FN12O9PS3. The highest BCUT2D eigenvalue weighted by Gasteiger charge is 2.53. The SMILES string of the molecule is Nc1nc2c(nnn2C2SC3COP(O)(=S)OC4C(CNS(=O)(=O)OC3C2O)OC(n2cnc3c(N)ncnc32)C4F)c(=O)[nH]1. The third kappa shape index (κ3) is 5.46. The zero-order chi connectivity index (χ0) is 31.8. The van der Waals surface area contributed by atoms with Gasteiger partial charge in [-0.25, -0.2) is 24.0 Å². The summed E-state index contributed by atoms with van der Waals surface area (Å²) in [6, 6.07) is 0. The molecule has 0 saturated carbocycles. The van der Waals surface area contributed by atoms with Crippen LogP contribution in [-0.2, 0) is 40.1 Å². The second kappa shape index (κ2) is 11.1. The van der Waals surface area contributed by atoms with E-state index in [1.54, 1.807) is 0 Å². The Bertz CT molecular complexity index is 2010. The van der Waals surface area contributed by atoms with Gasteiger partial charge in [-0.2, -0.15) is 18.1 Å². The molecule has 21 nitrogen and oxygen atoms in total. The van der Waals surface area contributed by atoms with Crippen LogP contribution >= 0.6 is 18.5 Å². The van der Waals surface area contributed by atoms with Crippen LogP contribution in [0.5, 0.6) is 0 Å². The number of H-pyrrole nitrogens is 1. The second-order valence-corrected chi connectivity index (χ2v) is 15.5. The van der Waals surface area contributed by atoms with Gasteiger partial charge >= 0.3 is 17.0 Å². The van der Waals surface area contributed by atoms with E-state index in [2.05, 4.69) is 40.0 Å². The number of halogens is 1. The molecule has 8 N–H and O–H groups in total. The van der Waals surface area contributed by atoms with E-state index >= 15 is 4.39 Å². The molecule has 0 aromatic carbocycles. The average Bonchev–Trinajstić information content (AvgIpc) is 3.72. The standard InChI is InChI=1S/C19H22FN12O9PS3/c20-7-11-5(39-17(7)31-4-25-8-13(21)23-3-24-14(8)31)1-26-45(36,37)41-12-6(2-38-42(35,43)40-11)44-18(10(12)33)32-15-9(29-30-32)16(34)28-19(22)27-15/h3-7,10-12,17-18,26,33H,1-2H2,(H,35,43)(H2,21,23,24)(H3,22,27,28,34). The minimum absolute atomic E-state index is 0.0398. The predicted molar refractivity (Wildman–Crippen MR) is 154 cm³/mol. The molecule has 9 unspecified atom stereocenters. The highest BCUT2D eigenvalue weighted by Crippen LogP contribution is 2.52. The van der Waals surface area contributed by atoms with Crippen molar-refractivity contribution in [1.82, 2.24) is 49.2 Å². The Labute approximate surface area is 259 Å². The second-order valence-electron chi connectivity index (χ2n) is 10.0. The molecule has 3 fully saturated rings. The van der Waals surface area contributed by atoms with Gasteiger partial charge in [-0.3, -0.25) is 23.1 Å². The number of ether oxygens (including phenoxy) is 1.